The zero-order valence-corrected chi connectivity index (χ0v) is 17.5. The van der Waals surface area contributed by atoms with Gasteiger partial charge >= 0.3 is 0 Å². The molecule has 0 N–H and O–H groups in total. The summed E-state index contributed by atoms with van der Waals surface area (Å²) in [5.74, 6) is 0.723. The molecule has 0 radical (unpaired) electrons. The maximum atomic E-state index is 13.1. The lowest BCUT2D eigenvalue weighted by molar-refractivity contribution is 0.269. The Morgan fingerprint density at radius 2 is 1.76 bits per heavy atom. The first-order valence-electron chi connectivity index (χ1n) is 9.41. The highest BCUT2D eigenvalue weighted by Crippen LogP contribution is 2.37. The molecule has 5 heteroatoms. The first-order valence-corrected chi connectivity index (χ1v) is 9.79. The van der Waals surface area contributed by atoms with Crippen molar-refractivity contribution in [1.82, 2.24) is 0 Å². The topological polar surface area (TPSA) is 30.8 Å². The molecule has 29 heavy (non-hydrogen) atoms. The third kappa shape index (κ3) is 5.58. The monoisotopic (exact) mass is 411 g/mol. The average Bonchev–Trinajstić information content (AvgIpc) is 2.69. The van der Waals surface area contributed by atoms with E-state index in [-0.39, 0.29) is 12.4 Å². The van der Waals surface area contributed by atoms with Gasteiger partial charge in [-0.15, -0.1) is 0 Å². The smallest absolute Gasteiger partial charge is 0.180 e. The molecule has 0 saturated carbocycles. The summed E-state index contributed by atoms with van der Waals surface area (Å²) in [6.07, 6.45) is 1.76. The van der Waals surface area contributed by atoms with Crippen molar-refractivity contribution in [2.24, 2.45) is 4.99 Å². The zero-order valence-electron chi connectivity index (χ0n) is 16.7. The van der Waals surface area contributed by atoms with E-state index in [2.05, 4.69) is 11.1 Å². The van der Waals surface area contributed by atoms with Gasteiger partial charge in [0.05, 0.1) is 17.3 Å². The van der Waals surface area contributed by atoms with E-state index < -0.39 is 0 Å². The van der Waals surface area contributed by atoms with Crippen molar-refractivity contribution in [2.75, 3.05) is 6.61 Å². The lowest BCUT2D eigenvalue weighted by atomic mass is 10.1. The minimum absolute atomic E-state index is 0.260. The SMILES string of the molecule is CCOc1cc(C=Nc2cc(C)ccc2C)cc(Cl)c1OCc1ccc(F)cc1. The van der Waals surface area contributed by atoms with E-state index in [1.807, 2.05) is 39.0 Å². The van der Waals surface area contributed by atoms with Crippen molar-refractivity contribution < 1.29 is 13.9 Å². The second-order valence-corrected chi connectivity index (χ2v) is 7.13. The van der Waals surface area contributed by atoms with Gasteiger partial charge in [0.2, 0.25) is 0 Å². The van der Waals surface area contributed by atoms with Gasteiger partial charge in [0.15, 0.2) is 11.5 Å². The van der Waals surface area contributed by atoms with Crippen molar-refractivity contribution in [3.05, 3.63) is 87.7 Å². The molecule has 0 atom stereocenters. The van der Waals surface area contributed by atoms with E-state index in [4.69, 9.17) is 21.1 Å². The summed E-state index contributed by atoms with van der Waals surface area (Å²) in [4.78, 5) is 4.60. The van der Waals surface area contributed by atoms with Crippen LogP contribution in [0.3, 0.4) is 0 Å². The summed E-state index contributed by atoms with van der Waals surface area (Å²) in [7, 11) is 0. The van der Waals surface area contributed by atoms with Crippen molar-refractivity contribution in [3.8, 4) is 11.5 Å². The fourth-order valence-electron chi connectivity index (χ4n) is 2.80. The molecule has 0 aliphatic rings. The Kier molecular flexibility index (Phi) is 6.89. The molecule has 3 aromatic rings. The predicted octanol–water partition coefficient (Wildman–Crippen LogP) is 6.82. The van der Waals surface area contributed by atoms with Crippen molar-refractivity contribution in [3.63, 3.8) is 0 Å². The van der Waals surface area contributed by atoms with E-state index >= 15 is 0 Å². The fourth-order valence-corrected chi connectivity index (χ4v) is 3.08. The van der Waals surface area contributed by atoms with Crippen LogP contribution in [0.25, 0.3) is 0 Å². The minimum Gasteiger partial charge on any atom is -0.490 e. The van der Waals surface area contributed by atoms with Crippen LogP contribution in [0.5, 0.6) is 11.5 Å². The van der Waals surface area contributed by atoms with Crippen LogP contribution in [0.1, 0.15) is 29.2 Å². The summed E-state index contributed by atoms with van der Waals surface area (Å²) in [6.45, 7) is 6.69. The number of ether oxygens (including phenoxy) is 2. The quantitative estimate of drug-likeness (QED) is 0.399. The second-order valence-electron chi connectivity index (χ2n) is 6.73. The maximum absolute atomic E-state index is 13.1. The van der Waals surface area contributed by atoms with Crippen LogP contribution >= 0.6 is 11.6 Å². The minimum atomic E-state index is -0.283. The fraction of sp³-hybridized carbons (Fsp3) is 0.208. The average molecular weight is 412 g/mol. The van der Waals surface area contributed by atoms with Crippen molar-refractivity contribution >= 4 is 23.5 Å². The number of rotatable bonds is 7. The van der Waals surface area contributed by atoms with Crippen LogP contribution in [-0.4, -0.2) is 12.8 Å². The summed E-state index contributed by atoms with van der Waals surface area (Å²) < 4.78 is 24.7. The Bertz CT molecular complexity index is 1020. The molecule has 3 aromatic carbocycles. The highest BCUT2D eigenvalue weighted by Gasteiger charge is 2.13. The van der Waals surface area contributed by atoms with E-state index in [1.54, 1.807) is 24.4 Å². The third-order valence-corrected chi connectivity index (χ3v) is 4.63. The summed E-state index contributed by atoms with van der Waals surface area (Å²) in [5.41, 5.74) is 4.82. The van der Waals surface area contributed by atoms with E-state index in [0.717, 1.165) is 27.9 Å². The number of aliphatic imine (C=N–C) groups is 1. The van der Waals surface area contributed by atoms with Gasteiger partial charge in [0, 0.05) is 6.21 Å². The zero-order chi connectivity index (χ0) is 20.8. The van der Waals surface area contributed by atoms with Gasteiger partial charge in [-0.1, -0.05) is 35.9 Å². The molecule has 150 valence electrons. The van der Waals surface area contributed by atoms with Gasteiger partial charge < -0.3 is 9.47 Å². The normalized spacial score (nSPS) is 11.1. The van der Waals surface area contributed by atoms with Gasteiger partial charge in [0.1, 0.15) is 12.4 Å². The molecule has 3 rings (SSSR count). The lowest BCUT2D eigenvalue weighted by Gasteiger charge is -2.14. The van der Waals surface area contributed by atoms with Gasteiger partial charge in [-0.3, -0.25) is 4.99 Å². The molecule has 0 amide bonds. The molecule has 0 heterocycles. The molecule has 0 unspecified atom stereocenters. The Morgan fingerprint density at radius 3 is 2.48 bits per heavy atom. The first-order chi connectivity index (χ1) is 14.0. The molecule has 0 bridgehead atoms. The van der Waals surface area contributed by atoms with Crippen LogP contribution in [0.15, 0.2) is 59.6 Å². The van der Waals surface area contributed by atoms with Gasteiger partial charge in [-0.25, -0.2) is 4.39 Å². The van der Waals surface area contributed by atoms with E-state index in [0.29, 0.717) is 23.1 Å². The Labute approximate surface area is 175 Å². The van der Waals surface area contributed by atoms with Crippen molar-refractivity contribution in [2.45, 2.75) is 27.4 Å². The molecule has 0 fully saturated rings. The first kappa shape index (κ1) is 20.9. The van der Waals surface area contributed by atoms with Crippen LogP contribution in [0, 0.1) is 19.7 Å². The van der Waals surface area contributed by atoms with Crippen LogP contribution in [-0.2, 0) is 6.61 Å². The number of halogens is 2. The molecule has 0 spiro atoms. The summed E-state index contributed by atoms with van der Waals surface area (Å²) in [6, 6.07) is 15.9. The molecule has 0 saturated heterocycles. The molecular weight excluding hydrogens is 389 g/mol. The molecular formula is C24H23ClFNO2. The highest BCUT2D eigenvalue weighted by atomic mass is 35.5. The van der Waals surface area contributed by atoms with E-state index in [9.17, 15) is 4.39 Å². The number of aryl methyl sites for hydroxylation is 2. The van der Waals surface area contributed by atoms with E-state index in [1.165, 1.54) is 12.1 Å². The molecule has 0 aromatic heterocycles. The Morgan fingerprint density at radius 1 is 1.00 bits per heavy atom. The summed E-state index contributed by atoms with van der Waals surface area (Å²) >= 11 is 6.47. The lowest BCUT2D eigenvalue weighted by Crippen LogP contribution is -2.01. The number of benzene rings is 3. The largest absolute Gasteiger partial charge is 0.490 e. The van der Waals surface area contributed by atoms with Gasteiger partial charge in [-0.05, 0) is 73.4 Å². The standard InChI is InChI=1S/C24H23ClFNO2/c1-4-28-23-13-19(14-27-22-11-16(2)5-6-17(22)3)12-21(25)24(23)29-15-18-7-9-20(26)10-8-18/h5-14H,4,15H2,1-3H3. The van der Waals surface area contributed by atoms with Crippen LogP contribution in [0.4, 0.5) is 10.1 Å². The second kappa shape index (κ2) is 9.57. The number of nitrogens with zero attached hydrogens (tertiary/aromatic N) is 1. The van der Waals surface area contributed by atoms with Gasteiger partial charge in [0.25, 0.3) is 0 Å². The molecule has 3 nitrogen and oxygen atoms in total. The van der Waals surface area contributed by atoms with Gasteiger partial charge in [-0.2, -0.15) is 0 Å². The van der Waals surface area contributed by atoms with Crippen LogP contribution < -0.4 is 9.47 Å². The molecule has 0 aliphatic heterocycles. The number of hydrogen-bond acceptors (Lipinski definition) is 3. The highest BCUT2D eigenvalue weighted by molar-refractivity contribution is 6.32. The number of hydrogen-bond donors (Lipinski definition) is 0. The van der Waals surface area contributed by atoms with Crippen molar-refractivity contribution in [1.29, 1.82) is 0 Å². The molecule has 0 aliphatic carbocycles. The predicted molar refractivity (Wildman–Crippen MR) is 117 cm³/mol. The third-order valence-electron chi connectivity index (χ3n) is 4.35. The Balaban J connectivity index is 1.84. The Hall–Kier alpha value is -2.85. The maximum Gasteiger partial charge on any atom is 0.180 e. The van der Waals surface area contributed by atoms with Crippen LogP contribution in [0.2, 0.25) is 5.02 Å². The summed E-state index contributed by atoms with van der Waals surface area (Å²) in [5, 5.41) is 0.431.